The lowest BCUT2D eigenvalue weighted by Crippen LogP contribution is -2.64. The van der Waals surface area contributed by atoms with E-state index in [0.29, 0.717) is 11.8 Å². The van der Waals surface area contributed by atoms with Gasteiger partial charge >= 0.3 is 0 Å². The monoisotopic (exact) mass is 417 g/mol. The van der Waals surface area contributed by atoms with Gasteiger partial charge in [-0.2, -0.15) is 0 Å². The van der Waals surface area contributed by atoms with E-state index in [1.54, 1.807) is 23.7 Å². The molecule has 2 aliphatic rings. The lowest BCUT2D eigenvalue weighted by atomic mass is 9.54. The summed E-state index contributed by atoms with van der Waals surface area (Å²) in [4.78, 5) is 8.68. The highest BCUT2D eigenvalue weighted by atomic mass is 79.9. The Balaban J connectivity index is 1.37. The van der Waals surface area contributed by atoms with Crippen LogP contribution >= 0.6 is 27.3 Å². The highest BCUT2D eigenvalue weighted by Gasteiger charge is 2.55. The van der Waals surface area contributed by atoms with E-state index in [0.717, 1.165) is 37.7 Å². The summed E-state index contributed by atoms with van der Waals surface area (Å²) in [6, 6.07) is 7.85. The van der Waals surface area contributed by atoms with Crippen molar-refractivity contribution in [1.82, 2.24) is 9.97 Å². The topological polar surface area (TPSA) is 67.3 Å². The number of anilines is 1. The Hall–Kier alpha value is -1.70. The van der Waals surface area contributed by atoms with Crippen molar-refractivity contribution >= 4 is 42.6 Å². The third-order valence-corrected chi connectivity index (χ3v) is 6.81. The summed E-state index contributed by atoms with van der Waals surface area (Å²) in [7, 11) is 0. The molecule has 0 saturated heterocycles. The van der Waals surface area contributed by atoms with Gasteiger partial charge in [0.25, 0.3) is 0 Å². The Morgan fingerprint density at radius 3 is 2.88 bits per heavy atom. The quantitative estimate of drug-likeness (QED) is 0.657. The maximum absolute atomic E-state index is 10.2. The molecule has 2 N–H and O–H groups in total. The summed E-state index contributed by atoms with van der Waals surface area (Å²) in [5.41, 5.74) is 0.938. The molecule has 5 nitrogen and oxygen atoms in total. The Kier molecular flexibility index (Phi) is 3.69. The van der Waals surface area contributed by atoms with Crippen LogP contribution in [-0.2, 0) is 0 Å². The zero-order valence-electron chi connectivity index (χ0n) is 13.2. The van der Waals surface area contributed by atoms with Crippen LogP contribution < -0.4 is 10.1 Å². The molecule has 7 heteroatoms. The molecule has 3 aromatic rings. The molecule has 25 heavy (non-hydrogen) atoms. The second-order valence-corrected chi connectivity index (χ2v) is 8.51. The molecule has 128 valence electrons. The molecule has 2 saturated carbocycles. The van der Waals surface area contributed by atoms with Crippen LogP contribution in [0.4, 0.5) is 5.13 Å². The molecule has 4 atom stereocenters. The SMILES string of the molecule is O[C@@H]1C2CC[C@H]2[C@H]1Nc1nc2ccc(Oc3ccncc3Br)cc2s1. The zero-order chi connectivity index (χ0) is 17.0. The predicted molar refractivity (Wildman–Crippen MR) is 101 cm³/mol. The number of ether oxygens (including phenoxy) is 1. The first-order valence-electron chi connectivity index (χ1n) is 8.31. The van der Waals surface area contributed by atoms with E-state index in [-0.39, 0.29) is 12.1 Å². The highest BCUT2D eigenvalue weighted by Crippen LogP contribution is 2.51. The average Bonchev–Trinajstić information content (AvgIpc) is 2.97. The van der Waals surface area contributed by atoms with Crippen molar-refractivity contribution in [3.8, 4) is 11.5 Å². The van der Waals surface area contributed by atoms with Crippen molar-refractivity contribution in [3.63, 3.8) is 0 Å². The molecule has 1 unspecified atom stereocenters. The van der Waals surface area contributed by atoms with Gasteiger partial charge in [-0.15, -0.1) is 0 Å². The third-order valence-electron chi connectivity index (χ3n) is 5.26. The second-order valence-electron chi connectivity index (χ2n) is 6.62. The molecule has 2 aromatic heterocycles. The van der Waals surface area contributed by atoms with Gasteiger partial charge in [-0.3, -0.25) is 4.98 Å². The molecule has 0 amide bonds. The van der Waals surface area contributed by atoms with Gasteiger partial charge in [-0.05, 0) is 52.7 Å². The Bertz CT molecular complexity index is 941. The number of hydrogen-bond acceptors (Lipinski definition) is 6. The number of aliphatic hydroxyl groups excluding tert-OH is 1. The van der Waals surface area contributed by atoms with Gasteiger partial charge in [0.1, 0.15) is 11.5 Å². The first kappa shape index (κ1) is 15.5. The first-order valence-corrected chi connectivity index (χ1v) is 9.92. The van der Waals surface area contributed by atoms with Crippen LogP contribution in [0, 0.1) is 11.8 Å². The largest absolute Gasteiger partial charge is 0.456 e. The van der Waals surface area contributed by atoms with E-state index >= 15 is 0 Å². The van der Waals surface area contributed by atoms with Crippen LogP contribution in [0.3, 0.4) is 0 Å². The molecular weight excluding hydrogens is 402 g/mol. The number of hydrogen-bond donors (Lipinski definition) is 2. The van der Waals surface area contributed by atoms with Gasteiger partial charge in [0.05, 0.1) is 26.8 Å². The third kappa shape index (κ3) is 2.61. The molecule has 2 aliphatic carbocycles. The molecule has 0 spiro atoms. The molecule has 2 fully saturated rings. The molecule has 1 aromatic carbocycles. The van der Waals surface area contributed by atoms with Crippen molar-refractivity contribution < 1.29 is 9.84 Å². The number of aromatic nitrogens is 2. The minimum atomic E-state index is -0.228. The molecule has 0 bridgehead atoms. The number of pyridine rings is 1. The van der Waals surface area contributed by atoms with Crippen molar-refractivity contribution in [2.24, 2.45) is 11.8 Å². The van der Waals surface area contributed by atoms with Crippen molar-refractivity contribution in [2.45, 2.75) is 25.0 Å². The van der Waals surface area contributed by atoms with Crippen molar-refractivity contribution in [2.75, 3.05) is 5.32 Å². The standard InChI is InChI=1S/C18H16BrN3O2S/c19-12-8-20-6-5-14(12)24-9-1-4-13-15(7-9)25-18(21-13)22-16-10-2-3-11(10)17(16)23/h1,4-8,10-11,16-17,23H,2-3H2,(H,21,22)/t10-,11?,16-,17-/m1/s1. The number of nitrogens with one attached hydrogen (secondary N) is 1. The van der Waals surface area contributed by atoms with Crippen molar-refractivity contribution in [3.05, 3.63) is 41.1 Å². The Morgan fingerprint density at radius 2 is 2.12 bits per heavy atom. The van der Waals surface area contributed by atoms with Gasteiger partial charge in [0, 0.05) is 24.5 Å². The van der Waals surface area contributed by atoms with Gasteiger partial charge in [0.2, 0.25) is 0 Å². The smallest absolute Gasteiger partial charge is 0.184 e. The maximum atomic E-state index is 10.2. The Labute approximate surface area is 157 Å². The number of nitrogens with zero attached hydrogens (tertiary/aromatic N) is 2. The number of benzene rings is 1. The van der Waals surface area contributed by atoms with Crippen LogP contribution in [-0.4, -0.2) is 27.2 Å². The first-order chi connectivity index (χ1) is 12.2. The number of aliphatic hydroxyl groups is 1. The van der Waals surface area contributed by atoms with E-state index in [4.69, 9.17) is 4.74 Å². The summed E-state index contributed by atoms with van der Waals surface area (Å²) >= 11 is 5.04. The van der Waals surface area contributed by atoms with E-state index in [1.165, 1.54) is 6.42 Å². The fourth-order valence-electron chi connectivity index (χ4n) is 3.73. The fraction of sp³-hybridized carbons (Fsp3) is 0.333. The normalized spacial score (nSPS) is 27.3. The number of halogens is 1. The van der Waals surface area contributed by atoms with Crippen molar-refractivity contribution in [1.29, 1.82) is 0 Å². The average molecular weight is 418 g/mol. The molecule has 5 rings (SSSR count). The van der Waals surface area contributed by atoms with E-state index in [1.807, 2.05) is 24.3 Å². The van der Waals surface area contributed by atoms with Gasteiger partial charge in [-0.1, -0.05) is 11.3 Å². The summed E-state index contributed by atoms with van der Waals surface area (Å²) in [5.74, 6) is 2.61. The summed E-state index contributed by atoms with van der Waals surface area (Å²) in [6.07, 6.45) is 5.55. The molecule has 2 heterocycles. The minimum Gasteiger partial charge on any atom is -0.456 e. The molecular formula is C18H16BrN3O2S. The summed E-state index contributed by atoms with van der Waals surface area (Å²) in [5, 5.41) is 14.4. The van der Waals surface area contributed by atoms with E-state index < -0.39 is 0 Å². The van der Waals surface area contributed by atoms with Crippen LogP contribution in [0.1, 0.15) is 12.8 Å². The zero-order valence-corrected chi connectivity index (χ0v) is 15.6. The van der Waals surface area contributed by atoms with Gasteiger partial charge in [0.15, 0.2) is 5.13 Å². The number of rotatable bonds is 4. The van der Waals surface area contributed by atoms with E-state index in [9.17, 15) is 5.11 Å². The van der Waals surface area contributed by atoms with Crippen LogP contribution in [0.2, 0.25) is 0 Å². The van der Waals surface area contributed by atoms with Crippen LogP contribution in [0.15, 0.2) is 41.1 Å². The van der Waals surface area contributed by atoms with E-state index in [2.05, 4.69) is 31.2 Å². The predicted octanol–water partition coefficient (Wildman–Crippen LogP) is 4.43. The van der Waals surface area contributed by atoms with Crippen LogP contribution in [0.5, 0.6) is 11.5 Å². The lowest BCUT2D eigenvalue weighted by molar-refractivity contribution is -0.108. The number of thiazole rings is 1. The maximum Gasteiger partial charge on any atom is 0.184 e. The highest BCUT2D eigenvalue weighted by molar-refractivity contribution is 9.10. The summed E-state index contributed by atoms with van der Waals surface area (Å²) < 4.78 is 7.80. The fourth-order valence-corrected chi connectivity index (χ4v) is 5.00. The van der Waals surface area contributed by atoms with Gasteiger partial charge < -0.3 is 15.2 Å². The molecule has 0 aliphatic heterocycles. The molecule has 0 radical (unpaired) electrons. The number of fused-ring (bicyclic) bond motifs is 2. The minimum absolute atomic E-state index is 0.155. The summed E-state index contributed by atoms with van der Waals surface area (Å²) in [6.45, 7) is 0. The van der Waals surface area contributed by atoms with Gasteiger partial charge in [-0.25, -0.2) is 4.98 Å². The lowest BCUT2D eigenvalue weighted by Gasteiger charge is -2.56. The van der Waals surface area contributed by atoms with Crippen LogP contribution in [0.25, 0.3) is 10.2 Å². The Morgan fingerprint density at radius 1 is 1.24 bits per heavy atom. The second kappa shape index (κ2) is 5.93.